The Morgan fingerprint density at radius 2 is 2.12 bits per heavy atom. The SMILES string of the molecule is COCCOCC(=O)N1CCCCC1C(N)=O. The molecule has 0 spiro atoms. The number of nitrogens with two attached hydrogens (primary N) is 1. The van der Waals surface area contributed by atoms with Gasteiger partial charge >= 0.3 is 0 Å². The van der Waals surface area contributed by atoms with E-state index in [4.69, 9.17) is 15.2 Å². The largest absolute Gasteiger partial charge is 0.382 e. The molecule has 1 saturated heterocycles. The number of carbonyl (C=O) groups is 2. The first kappa shape index (κ1) is 13.9. The summed E-state index contributed by atoms with van der Waals surface area (Å²) in [6.07, 6.45) is 2.49. The van der Waals surface area contributed by atoms with Crippen LogP contribution >= 0.6 is 0 Å². The molecule has 1 fully saturated rings. The highest BCUT2D eigenvalue weighted by Gasteiger charge is 2.30. The van der Waals surface area contributed by atoms with Crippen molar-refractivity contribution in [2.75, 3.05) is 33.5 Å². The Balaban J connectivity index is 2.39. The number of rotatable bonds is 6. The zero-order valence-electron chi connectivity index (χ0n) is 10.2. The van der Waals surface area contributed by atoms with Crippen molar-refractivity contribution in [3.05, 3.63) is 0 Å². The van der Waals surface area contributed by atoms with E-state index in [1.807, 2.05) is 0 Å². The molecule has 1 atom stereocenters. The van der Waals surface area contributed by atoms with Crippen LogP contribution in [0.2, 0.25) is 0 Å². The third-order valence-electron chi connectivity index (χ3n) is 2.81. The van der Waals surface area contributed by atoms with Gasteiger partial charge in [0.1, 0.15) is 12.6 Å². The molecule has 1 aliphatic heterocycles. The van der Waals surface area contributed by atoms with E-state index >= 15 is 0 Å². The summed E-state index contributed by atoms with van der Waals surface area (Å²) >= 11 is 0. The lowest BCUT2D eigenvalue weighted by Gasteiger charge is -2.33. The molecule has 1 unspecified atom stereocenters. The Labute approximate surface area is 101 Å². The van der Waals surface area contributed by atoms with Crippen molar-refractivity contribution in [2.24, 2.45) is 5.73 Å². The quantitative estimate of drug-likeness (QED) is 0.639. The smallest absolute Gasteiger partial charge is 0.249 e. The summed E-state index contributed by atoms with van der Waals surface area (Å²) in [6, 6.07) is -0.470. The van der Waals surface area contributed by atoms with Gasteiger partial charge in [-0.05, 0) is 19.3 Å². The normalized spacial score (nSPS) is 20.3. The second-order valence-electron chi connectivity index (χ2n) is 4.05. The minimum atomic E-state index is -0.470. The molecule has 1 heterocycles. The van der Waals surface area contributed by atoms with E-state index in [2.05, 4.69) is 0 Å². The number of piperidine rings is 1. The molecule has 0 aromatic rings. The lowest BCUT2D eigenvalue weighted by Crippen LogP contribution is -2.51. The number of amides is 2. The van der Waals surface area contributed by atoms with Crippen LogP contribution in [0.15, 0.2) is 0 Å². The number of ether oxygens (including phenoxy) is 2. The fourth-order valence-corrected chi connectivity index (χ4v) is 1.91. The van der Waals surface area contributed by atoms with E-state index in [1.54, 1.807) is 7.11 Å². The van der Waals surface area contributed by atoms with Gasteiger partial charge in [0.05, 0.1) is 13.2 Å². The third kappa shape index (κ3) is 4.32. The molecule has 6 nitrogen and oxygen atoms in total. The minimum Gasteiger partial charge on any atom is -0.382 e. The summed E-state index contributed by atoms with van der Waals surface area (Å²) < 4.78 is 9.95. The highest BCUT2D eigenvalue weighted by Crippen LogP contribution is 2.16. The number of methoxy groups -OCH3 is 1. The molecular formula is C11H20N2O4. The number of primary amides is 1. The molecule has 1 aliphatic rings. The van der Waals surface area contributed by atoms with Crippen LogP contribution in [0.1, 0.15) is 19.3 Å². The Morgan fingerprint density at radius 1 is 1.35 bits per heavy atom. The van der Waals surface area contributed by atoms with E-state index in [1.165, 1.54) is 4.90 Å². The van der Waals surface area contributed by atoms with Gasteiger partial charge in [0.15, 0.2) is 0 Å². The predicted molar refractivity (Wildman–Crippen MR) is 61.2 cm³/mol. The molecule has 0 aromatic carbocycles. The second-order valence-corrected chi connectivity index (χ2v) is 4.05. The van der Waals surface area contributed by atoms with Crippen LogP contribution < -0.4 is 5.73 Å². The molecule has 0 radical (unpaired) electrons. The first-order valence-corrected chi connectivity index (χ1v) is 5.82. The summed E-state index contributed by atoms with van der Waals surface area (Å²) in [5.74, 6) is -0.612. The first-order chi connectivity index (χ1) is 8.16. The Morgan fingerprint density at radius 3 is 2.76 bits per heavy atom. The summed E-state index contributed by atoms with van der Waals surface area (Å²) in [7, 11) is 1.57. The van der Waals surface area contributed by atoms with Crippen molar-refractivity contribution >= 4 is 11.8 Å². The summed E-state index contributed by atoms with van der Waals surface area (Å²) in [6.45, 7) is 1.39. The van der Waals surface area contributed by atoms with Gasteiger partial charge in [-0.3, -0.25) is 9.59 Å². The van der Waals surface area contributed by atoms with Gasteiger partial charge in [0, 0.05) is 13.7 Å². The second kappa shape index (κ2) is 7.24. The summed E-state index contributed by atoms with van der Waals surface area (Å²) in [4.78, 5) is 24.6. The van der Waals surface area contributed by atoms with E-state index in [-0.39, 0.29) is 12.5 Å². The Bertz CT molecular complexity index is 270. The molecule has 98 valence electrons. The monoisotopic (exact) mass is 244 g/mol. The average molecular weight is 244 g/mol. The average Bonchev–Trinajstić information content (AvgIpc) is 2.34. The Hall–Kier alpha value is -1.14. The molecule has 17 heavy (non-hydrogen) atoms. The van der Waals surface area contributed by atoms with E-state index in [0.29, 0.717) is 26.2 Å². The predicted octanol–water partition coefficient (Wildman–Crippen LogP) is -0.484. The maximum absolute atomic E-state index is 11.8. The van der Waals surface area contributed by atoms with Gasteiger partial charge in [-0.25, -0.2) is 0 Å². The molecule has 2 amide bonds. The van der Waals surface area contributed by atoms with Crippen LogP contribution in [-0.4, -0.2) is 56.2 Å². The number of carbonyl (C=O) groups excluding carboxylic acids is 2. The molecule has 1 rings (SSSR count). The van der Waals surface area contributed by atoms with Crippen LogP contribution in [0.3, 0.4) is 0 Å². The fourth-order valence-electron chi connectivity index (χ4n) is 1.91. The maximum atomic E-state index is 11.8. The number of hydrogen-bond donors (Lipinski definition) is 1. The van der Waals surface area contributed by atoms with Gasteiger partial charge in [-0.2, -0.15) is 0 Å². The van der Waals surface area contributed by atoms with Crippen LogP contribution in [-0.2, 0) is 19.1 Å². The Kier molecular flexibility index (Phi) is 5.93. The van der Waals surface area contributed by atoms with Gasteiger partial charge < -0.3 is 20.1 Å². The van der Waals surface area contributed by atoms with Gasteiger partial charge in [-0.1, -0.05) is 0 Å². The van der Waals surface area contributed by atoms with Gasteiger partial charge in [0.2, 0.25) is 11.8 Å². The van der Waals surface area contributed by atoms with Crippen molar-refractivity contribution in [3.63, 3.8) is 0 Å². The van der Waals surface area contributed by atoms with Gasteiger partial charge in [0.25, 0.3) is 0 Å². The molecule has 2 N–H and O–H groups in total. The molecule has 0 aromatic heterocycles. The number of likely N-dealkylation sites (tertiary alicyclic amines) is 1. The summed E-state index contributed by atoms with van der Waals surface area (Å²) in [5.41, 5.74) is 5.28. The lowest BCUT2D eigenvalue weighted by atomic mass is 10.0. The first-order valence-electron chi connectivity index (χ1n) is 5.82. The van der Waals surface area contributed by atoms with Crippen molar-refractivity contribution < 1.29 is 19.1 Å². The van der Waals surface area contributed by atoms with Crippen LogP contribution in [0.25, 0.3) is 0 Å². The number of hydrogen-bond acceptors (Lipinski definition) is 4. The van der Waals surface area contributed by atoms with E-state index in [0.717, 1.165) is 12.8 Å². The van der Waals surface area contributed by atoms with Crippen molar-refractivity contribution in [1.29, 1.82) is 0 Å². The highest BCUT2D eigenvalue weighted by atomic mass is 16.5. The molecule has 0 bridgehead atoms. The standard InChI is InChI=1S/C11H20N2O4/c1-16-6-7-17-8-10(14)13-5-3-2-4-9(13)11(12)15/h9H,2-8H2,1H3,(H2,12,15). The van der Waals surface area contributed by atoms with Crippen LogP contribution in [0.5, 0.6) is 0 Å². The highest BCUT2D eigenvalue weighted by molar-refractivity contribution is 5.87. The third-order valence-corrected chi connectivity index (χ3v) is 2.81. The fraction of sp³-hybridized carbons (Fsp3) is 0.818. The number of nitrogens with zero attached hydrogens (tertiary/aromatic N) is 1. The van der Waals surface area contributed by atoms with E-state index in [9.17, 15) is 9.59 Å². The van der Waals surface area contributed by atoms with Crippen molar-refractivity contribution in [1.82, 2.24) is 4.90 Å². The molecular weight excluding hydrogens is 224 g/mol. The minimum absolute atomic E-state index is 0.0207. The topological polar surface area (TPSA) is 81.9 Å². The molecule has 0 aliphatic carbocycles. The lowest BCUT2D eigenvalue weighted by molar-refractivity contribution is -0.145. The molecule has 6 heteroatoms. The van der Waals surface area contributed by atoms with E-state index < -0.39 is 11.9 Å². The van der Waals surface area contributed by atoms with Gasteiger partial charge in [-0.15, -0.1) is 0 Å². The van der Waals surface area contributed by atoms with Crippen molar-refractivity contribution in [2.45, 2.75) is 25.3 Å². The zero-order chi connectivity index (χ0) is 12.7. The molecule has 0 saturated carbocycles. The van der Waals surface area contributed by atoms with Crippen LogP contribution in [0, 0.1) is 0 Å². The zero-order valence-corrected chi connectivity index (χ0v) is 10.2. The van der Waals surface area contributed by atoms with Crippen molar-refractivity contribution in [3.8, 4) is 0 Å². The van der Waals surface area contributed by atoms with Crippen LogP contribution in [0.4, 0.5) is 0 Å². The summed E-state index contributed by atoms with van der Waals surface area (Å²) in [5, 5.41) is 0. The maximum Gasteiger partial charge on any atom is 0.249 e.